The van der Waals surface area contributed by atoms with E-state index in [1.807, 2.05) is 24.3 Å². The maximum atomic E-state index is 6.27. The molecule has 1 aliphatic rings. The molecule has 1 fully saturated rings. The zero-order valence-corrected chi connectivity index (χ0v) is 11.6. The molecule has 0 aromatic heterocycles. The van der Waals surface area contributed by atoms with Gasteiger partial charge in [0, 0.05) is 16.6 Å². The Morgan fingerprint density at radius 1 is 1.16 bits per heavy atom. The first kappa shape index (κ1) is 12.7. The Bertz CT molecular complexity index is 559. The van der Waals surface area contributed by atoms with Gasteiger partial charge in [-0.2, -0.15) is 0 Å². The van der Waals surface area contributed by atoms with Gasteiger partial charge in [-0.25, -0.2) is 0 Å². The second kappa shape index (κ2) is 5.77. The summed E-state index contributed by atoms with van der Waals surface area (Å²) < 4.78 is 0. The van der Waals surface area contributed by atoms with E-state index in [2.05, 4.69) is 29.6 Å². The molecule has 97 valence electrons. The minimum Gasteiger partial charge on any atom is -0.310 e. The molecule has 1 nitrogen and oxygen atoms in total. The highest BCUT2D eigenvalue weighted by Gasteiger charge is 2.15. The summed E-state index contributed by atoms with van der Waals surface area (Å²) >= 11 is 6.27. The molecule has 1 N–H and O–H groups in total. The van der Waals surface area contributed by atoms with E-state index in [1.165, 1.54) is 24.8 Å². The molecule has 1 atom stereocenters. The molecule has 1 aliphatic heterocycles. The number of benzene rings is 2. The molecule has 1 unspecified atom stereocenters. The largest absolute Gasteiger partial charge is 0.310 e. The van der Waals surface area contributed by atoms with Gasteiger partial charge in [-0.05, 0) is 60.8 Å². The second-order valence-electron chi connectivity index (χ2n) is 5.04. The monoisotopic (exact) mass is 270 g/mol. The van der Waals surface area contributed by atoms with Crippen LogP contribution in [0.1, 0.15) is 30.9 Å². The normalized spacial score (nSPS) is 19.3. The summed E-state index contributed by atoms with van der Waals surface area (Å²) in [4.78, 5) is 0. The van der Waals surface area contributed by atoms with Crippen LogP contribution in [0.5, 0.6) is 0 Å². The van der Waals surface area contributed by atoms with Gasteiger partial charge in [0.2, 0.25) is 0 Å². The molecular weight excluding hydrogens is 254 g/mol. The Morgan fingerprint density at radius 3 is 2.84 bits per heavy atom. The summed E-state index contributed by atoms with van der Waals surface area (Å²) in [6.07, 6.45) is 3.79. The molecule has 1 saturated heterocycles. The Hall–Kier alpha value is -1.31. The molecule has 3 rings (SSSR count). The molecule has 0 amide bonds. The predicted molar refractivity (Wildman–Crippen MR) is 80.3 cm³/mol. The van der Waals surface area contributed by atoms with Crippen molar-refractivity contribution in [2.75, 3.05) is 6.54 Å². The van der Waals surface area contributed by atoms with Gasteiger partial charge < -0.3 is 5.32 Å². The third-order valence-electron chi connectivity index (χ3n) is 3.71. The summed E-state index contributed by atoms with van der Waals surface area (Å²) in [5.41, 5.74) is 3.55. The molecular formula is C17H17ClN. The first-order valence-electron chi connectivity index (χ1n) is 6.84. The molecule has 2 heteroatoms. The summed E-state index contributed by atoms with van der Waals surface area (Å²) in [6.45, 7) is 1.11. The summed E-state index contributed by atoms with van der Waals surface area (Å²) in [6, 6.07) is 18.0. The first-order chi connectivity index (χ1) is 9.34. The minimum atomic E-state index is 0.465. The van der Waals surface area contributed by atoms with Crippen LogP contribution < -0.4 is 5.32 Å². The highest BCUT2D eigenvalue weighted by Crippen LogP contribution is 2.30. The lowest BCUT2D eigenvalue weighted by Crippen LogP contribution is -2.26. The fourth-order valence-electron chi connectivity index (χ4n) is 2.68. The smallest absolute Gasteiger partial charge is 0.0484 e. The SMILES string of the molecule is Clc1ccccc1-c1c[c]cc(C2CCCCN2)c1. The molecule has 0 spiro atoms. The standard InChI is InChI=1S/C17H17ClN/c18-16-9-2-1-8-15(16)13-6-5-7-14(12-13)17-10-3-4-11-19-17/h1-2,6-9,12,17,19H,3-4,10-11H2. The van der Waals surface area contributed by atoms with Gasteiger partial charge in [-0.15, -0.1) is 0 Å². The molecule has 1 radical (unpaired) electrons. The van der Waals surface area contributed by atoms with Crippen LogP contribution in [0.25, 0.3) is 11.1 Å². The molecule has 2 aromatic rings. The van der Waals surface area contributed by atoms with Gasteiger partial charge in [0.25, 0.3) is 0 Å². The van der Waals surface area contributed by atoms with Gasteiger partial charge in [0.1, 0.15) is 0 Å². The van der Waals surface area contributed by atoms with Crippen LogP contribution in [0.2, 0.25) is 5.02 Å². The molecule has 0 bridgehead atoms. The first-order valence-corrected chi connectivity index (χ1v) is 7.22. The molecule has 2 aromatic carbocycles. The number of hydrogen-bond donors (Lipinski definition) is 1. The zero-order valence-electron chi connectivity index (χ0n) is 10.8. The molecule has 0 saturated carbocycles. The van der Waals surface area contributed by atoms with Crippen molar-refractivity contribution < 1.29 is 0 Å². The second-order valence-corrected chi connectivity index (χ2v) is 5.44. The Morgan fingerprint density at radius 2 is 2.05 bits per heavy atom. The topological polar surface area (TPSA) is 12.0 Å². The zero-order chi connectivity index (χ0) is 13.1. The Labute approximate surface area is 119 Å². The quantitative estimate of drug-likeness (QED) is 0.839. The highest BCUT2D eigenvalue weighted by atomic mass is 35.5. The van der Waals surface area contributed by atoms with Gasteiger partial charge in [0.05, 0.1) is 0 Å². The van der Waals surface area contributed by atoms with Crippen LogP contribution in [0, 0.1) is 6.07 Å². The van der Waals surface area contributed by atoms with Crippen LogP contribution in [0.3, 0.4) is 0 Å². The fraction of sp³-hybridized carbons (Fsp3) is 0.294. The van der Waals surface area contributed by atoms with Crippen molar-refractivity contribution in [1.82, 2.24) is 5.32 Å². The third-order valence-corrected chi connectivity index (χ3v) is 4.04. The van der Waals surface area contributed by atoms with Gasteiger partial charge in [-0.1, -0.05) is 36.2 Å². The average Bonchev–Trinajstić information content (AvgIpc) is 2.49. The van der Waals surface area contributed by atoms with Crippen molar-refractivity contribution in [2.45, 2.75) is 25.3 Å². The fourth-order valence-corrected chi connectivity index (χ4v) is 2.92. The maximum Gasteiger partial charge on any atom is 0.0484 e. The van der Waals surface area contributed by atoms with E-state index < -0.39 is 0 Å². The summed E-state index contributed by atoms with van der Waals surface area (Å²) in [7, 11) is 0. The van der Waals surface area contributed by atoms with E-state index in [4.69, 9.17) is 11.6 Å². The van der Waals surface area contributed by atoms with Crippen LogP contribution in [-0.2, 0) is 0 Å². The van der Waals surface area contributed by atoms with Gasteiger partial charge >= 0.3 is 0 Å². The lowest BCUT2D eigenvalue weighted by atomic mass is 9.94. The number of hydrogen-bond acceptors (Lipinski definition) is 1. The molecule has 0 aliphatic carbocycles. The Kier molecular flexibility index (Phi) is 3.86. The van der Waals surface area contributed by atoms with E-state index in [1.54, 1.807) is 0 Å². The van der Waals surface area contributed by atoms with Crippen molar-refractivity contribution in [2.24, 2.45) is 0 Å². The van der Waals surface area contributed by atoms with Crippen LogP contribution in [0.4, 0.5) is 0 Å². The number of rotatable bonds is 2. The van der Waals surface area contributed by atoms with E-state index in [0.717, 1.165) is 22.7 Å². The van der Waals surface area contributed by atoms with Crippen molar-refractivity contribution >= 4 is 11.6 Å². The Balaban J connectivity index is 1.93. The van der Waals surface area contributed by atoms with Crippen LogP contribution in [0.15, 0.2) is 42.5 Å². The molecule has 1 heterocycles. The highest BCUT2D eigenvalue weighted by molar-refractivity contribution is 6.33. The van der Waals surface area contributed by atoms with Crippen molar-refractivity contribution in [3.8, 4) is 11.1 Å². The van der Waals surface area contributed by atoms with Gasteiger partial charge in [0.15, 0.2) is 0 Å². The number of piperidine rings is 1. The number of halogens is 1. The third kappa shape index (κ3) is 2.83. The molecule has 19 heavy (non-hydrogen) atoms. The van der Waals surface area contributed by atoms with Crippen molar-refractivity contribution in [3.05, 3.63) is 59.1 Å². The maximum absolute atomic E-state index is 6.27. The summed E-state index contributed by atoms with van der Waals surface area (Å²) in [5.74, 6) is 0. The van der Waals surface area contributed by atoms with Crippen LogP contribution >= 0.6 is 11.6 Å². The average molecular weight is 271 g/mol. The van der Waals surface area contributed by atoms with E-state index in [9.17, 15) is 0 Å². The van der Waals surface area contributed by atoms with Crippen LogP contribution in [-0.4, -0.2) is 6.54 Å². The number of nitrogens with one attached hydrogen (secondary N) is 1. The van der Waals surface area contributed by atoms with Crippen molar-refractivity contribution in [3.63, 3.8) is 0 Å². The van der Waals surface area contributed by atoms with E-state index in [-0.39, 0.29) is 0 Å². The van der Waals surface area contributed by atoms with E-state index in [0.29, 0.717) is 6.04 Å². The van der Waals surface area contributed by atoms with Gasteiger partial charge in [-0.3, -0.25) is 0 Å². The van der Waals surface area contributed by atoms with E-state index >= 15 is 0 Å². The lowest BCUT2D eigenvalue weighted by molar-refractivity contribution is 0.412. The predicted octanol–water partition coefficient (Wildman–Crippen LogP) is 4.62. The minimum absolute atomic E-state index is 0.465. The lowest BCUT2D eigenvalue weighted by Gasteiger charge is -2.24. The summed E-state index contributed by atoms with van der Waals surface area (Å²) in [5, 5.41) is 4.37. The van der Waals surface area contributed by atoms with Crippen molar-refractivity contribution in [1.29, 1.82) is 0 Å².